The van der Waals surface area contributed by atoms with Crippen molar-refractivity contribution in [2.45, 2.75) is 32.4 Å². The standard InChI is InChI=1S/C12H13N3O3/c1-2-15-12(18)8-5-10(16)14(7-3-4-7)6-9(8)11(17)13-15/h5-7H,2-4H2,1H3,(H,13,17). The van der Waals surface area contributed by atoms with Gasteiger partial charge in [0, 0.05) is 24.8 Å². The highest BCUT2D eigenvalue weighted by molar-refractivity contribution is 5.79. The molecule has 0 atom stereocenters. The summed E-state index contributed by atoms with van der Waals surface area (Å²) in [6.07, 6.45) is 3.42. The van der Waals surface area contributed by atoms with Crippen LogP contribution in [0.3, 0.4) is 0 Å². The van der Waals surface area contributed by atoms with E-state index in [0.717, 1.165) is 12.8 Å². The predicted octanol–water partition coefficient (Wildman–Crippen LogP) is 0.206. The largest absolute Gasteiger partial charge is 0.312 e. The summed E-state index contributed by atoms with van der Waals surface area (Å²) in [6, 6.07) is 1.46. The van der Waals surface area contributed by atoms with Crippen LogP contribution in [0.2, 0.25) is 0 Å². The molecule has 18 heavy (non-hydrogen) atoms. The minimum Gasteiger partial charge on any atom is -0.312 e. The number of nitrogens with zero attached hydrogens (tertiary/aromatic N) is 2. The van der Waals surface area contributed by atoms with Gasteiger partial charge in [-0.1, -0.05) is 0 Å². The molecule has 0 saturated heterocycles. The van der Waals surface area contributed by atoms with Crippen LogP contribution in [0.25, 0.3) is 10.8 Å². The van der Waals surface area contributed by atoms with Crippen molar-refractivity contribution in [2.24, 2.45) is 0 Å². The summed E-state index contributed by atoms with van der Waals surface area (Å²) in [4.78, 5) is 35.8. The molecule has 1 aliphatic rings. The minimum atomic E-state index is -0.333. The molecule has 2 heterocycles. The number of aromatic nitrogens is 3. The average molecular weight is 247 g/mol. The first-order valence-electron chi connectivity index (χ1n) is 6.01. The molecule has 0 radical (unpaired) electrons. The molecule has 0 bridgehead atoms. The van der Waals surface area contributed by atoms with Crippen LogP contribution >= 0.6 is 0 Å². The van der Waals surface area contributed by atoms with E-state index in [1.807, 2.05) is 0 Å². The Labute approximate surface area is 101 Å². The van der Waals surface area contributed by atoms with Crippen LogP contribution in [-0.4, -0.2) is 14.3 Å². The third-order valence-electron chi connectivity index (χ3n) is 3.29. The smallest absolute Gasteiger partial charge is 0.273 e. The molecule has 1 saturated carbocycles. The Morgan fingerprint density at radius 3 is 2.61 bits per heavy atom. The van der Waals surface area contributed by atoms with Crippen molar-refractivity contribution in [2.75, 3.05) is 0 Å². The van der Waals surface area contributed by atoms with Gasteiger partial charge in [-0.2, -0.15) is 0 Å². The molecular weight excluding hydrogens is 234 g/mol. The van der Waals surface area contributed by atoms with E-state index in [0.29, 0.717) is 6.54 Å². The van der Waals surface area contributed by atoms with E-state index < -0.39 is 0 Å². The van der Waals surface area contributed by atoms with Gasteiger partial charge in [-0.15, -0.1) is 0 Å². The van der Waals surface area contributed by atoms with Gasteiger partial charge in [-0.25, -0.2) is 4.68 Å². The molecule has 0 spiro atoms. The zero-order valence-electron chi connectivity index (χ0n) is 9.97. The van der Waals surface area contributed by atoms with Crippen molar-refractivity contribution < 1.29 is 0 Å². The normalized spacial score (nSPS) is 15.2. The fraction of sp³-hybridized carbons (Fsp3) is 0.417. The van der Waals surface area contributed by atoms with Gasteiger partial charge < -0.3 is 4.57 Å². The Balaban J connectivity index is 2.43. The second kappa shape index (κ2) is 3.69. The Morgan fingerprint density at radius 2 is 2.00 bits per heavy atom. The number of hydrogen-bond acceptors (Lipinski definition) is 3. The summed E-state index contributed by atoms with van der Waals surface area (Å²) in [5.74, 6) is 0. The molecule has 1 aliphatic carbocycles. The summed E-state index contributed by atoms with van der Waals surface area (Å²) in [5, 5.41) is 2.99. The lowest BCUT2D eigenvalue weighted by atomic mass is 10.2. The molecule has 3 rings (SSSR count). The molecule has 2 aromatic rings. The second-order valence-electron chi connectivity index (χ2n) is 4.57. The highest BCUT2D eigenvalue weighted by Crippen LogP contribution is 2.33. The SMILES string of the molecule is CCn1[nH]c(=O)c2cn(C3CC3)c(=O)cc2c1=O. The van der Waals surface area contributed by atoms with Crippen molar-refractivity contribution in [1.29, 1.82) is 0 Å². The molecule has 1 N–H and O–H groups in total. The molecule has 0 aromatic carbocycles. The van der Waals surface area contributed by atoms with E-state index in [1.165, 1.54) is 16.9 Å². The van der Waals surface area contributed by atoms with E-state index >= 15 is 0 Å². The molecular formula is C12H13N3O3. The maximum absolute atomic E-state index is 12.0. The first kappa shape index (κ1) is 11.0. The second-order valence-corrected chi connectivity index (χ2v) is 4.57. The van der Waals surface area contributed by atoms with E-state index in [4.69, 9.17) is 0 Å². The molecule has 0 unspecified atom stereocenters. The molecule has 94 valence electrons. The maximum atomic E-state index is 12.0. The van der Waals surface area contributed by atoms with Gasteiger partial charge in [0.2, 0.25) is 0 Å². The third kappa shape index (κ3) is 1.53. The Bertz CT molecular complexity index is 793. The third-order valence-corrected chi connectivity index (χ3v) is 3.29. The Kier molecular flexibility index (Phi) is 2.26. The van der Waals surface area contributed by atoms with Crippen LogP contribution in [0.4, 0.5) is 0 Å². The van der Waals surface area contributed by atoms with E-state index in [9.17, 15) is 14.4 Å². The lowest BCUT2D eigenvalue weighted by Crippen LogP contribution is -2.31. The molecule has 1 fully saturated rings. The summed E-state index contributed by atoms with van der Waals surface area (Å²) in [6.45, 7) is 2.13. The molecule has 0 aliphatic heterocycles. The molecule has 0 amide bonds. The topological polar surface area (TPSA) is 76.9 Å². The van der Waals surface area contributed by atoms with Gasteiger partial charge >= 0.3 is 0 Å². The van der Waals surface area contributed by atoms with Crippen molar-refractivity contribution in [3.8, 4) is 0 Å². The number of aryl methyl sites for hydroxylation is 1. The molecule has 2 aromatic heterocycles. The fourth-order valence-electron chi connectivity index (χ4n) is 2.15. The zero-order valence-corrected chi connectivity index (χ0v) is 9.97. The van der Waals surface area contributed by atoms with Gasteiger partial charge in [-0.05, 0) is 19.8 Å². The highest BCUT2D eigenvalue weighted by atomic mass is 16.2. The lowest BCUT2D eigenvalue weighted by molar-refractivity contribution is 0.612. The van der Waals surface area contributed by atoms with Crippen molar-refractivity contribution in [3.05, 3.63) is 43.3 Å². The van der Waals surface area contributed by atoms with Gasteiger partial charge in [0.05, 0.1) is 10.8 Å². The fourth-order valence-corrected chi connectivity index (χ4v) is 2.15. The van der Waals surface area contributed by atoms with Crippen LogP contribution in [-0.2, 0) is 6.54 Å². The van der Waals surface area contributed by atoms with E-state index in [2.05, 4.69) is 5.10 Å². The summed E-state index contributed by atoms with van der Waals surface area (Å²) in [7, 11) is 0. The van der Waals surface area contributed by atoms with Gasteiger partial charge in [0.25, 0.3) is 16.7 Å². The van der Waals surface area contributed by atoms with Crippen molar-refractivity contribution >= 4 is 10.8 Å². The number of nitrogens with one attached hydrogen (secondary N) is 1. The van der Waals surface area contributed by atoms with Crippen LogP contribution in [0.15, 0.2) is 26.6 Å². The van der Waals surface area contributed by atoms with Crippen LogP contribution in [0.1, 0.15) is 25.8 Å². The summed E-state index contributed by atoms with van der Waals surface area (Å²) >= 11 is 0. The minimum absolute atomic E-state index is 0.190. The first-order valence-corrected chi connectivity index (χ1v) is 6.01. The highest BCUT2D eigenvalue weighted by Gasteiger charge is 2.25. The Hall–Kier alpha value is -2.11. The lowest BCUT2D eigenvalue weighted by Gasteiger charge is -2.07. The average Bonchev–Trinajstić information content (AvgIpc) is 3.17. The monoisotopic (exact) mass is 247 g/mol. The van der Waals surface area contributed by atoms with Gasteiger partial charge in [0.1, 0.15) is 0 Å². The first-order chi connectivity index (χ1) is 8.61. The predicted molar refractivity (Wildman–Crippen MR) is 67.0 cm³/mol. The zero-order chi connectivity index (χ0) is 12.9. The quantitative estimate of drug-likeness (QED) is 0.824. The van der Waals surface area contributed by atoms with Crippen LogP contribution < -0.4 is 16.7 Å². The van der Waals surface area contributed by atoms with Crippen molar-refractivity contribution in [1.82, 2.24) is 14.3 Å². The number of H-pyrrole nitrogens is 1. The van der Waals surface area contributed by atoms with Gasteiger partial charge in [0.15, 0.2) is 0 Å². The maximum Gasteiger partial charge on any atom is 0.273 e. The van der Waals surface area contributed by atoms with Gasteiger partial charge in [-0.3, -0.25) is 19.5 Å². The number of fused-ring (bicyclic) bond motifs is 1. The van der Waals surface area contributed by atoms with E-state index in [1.54, 1.807) is 11.5 Å². The van der Waals surface area contributed by atoms with Crippen LogP contribution in [0, 0.1) is 0 Å². The number of hydrogen-bond donors (Lipinski definition) is 1. The molecule has 6 heteroatoms. The molecule has 6 nitrogen and oxygen atoms in total. The van der Waals surface area contributed by atoms with Crippen LogP contribution in [0.5, 0.6) is 0 Å². The number of pyridine rings is 1. The summed E-state index contributed by atoms with van der Waals surface area (Å²) in [5.41, 5.74) is -0.872. The number of rotatable bonds is 2. The number of aromatic amines is 1. The van der Waals surface area contributed by atoms with E-state index in [-0.39, 0.29) is 33.5 Å². The summed E-state index contributed by atoms with van der Waals surface area (Å²) < 4.78 is 2.76. The van der Waals surface area contributed by atoms with Crippen molar-refractivity contribution in [3.63, 3.8) is 0 Å². The Morgan fingerprint density at radius 1 is 1.28 bits per heavy atom.